The number of hydrogen-bond donors (Lipinski definition) is 0. The molecular formula is C18H25F2N5O3. The first kappa shape index (κ1) is 20.2. The Labute approximate surface area is 162 Å². The van der Waals surface area contributed by atoms with E-state index in [0.717, 1.165) is 6.20 Å². The van der Waals surface area contributed by atoms with Crippen molar-refractivity contribution in [2.75, 3.05) is 26.2 Å². The van der Waals surface area contributed by atoms with Gasteiger partial charge in [-0.1, -0.05) is 13.8 Å². The van der Waals surface area contributed by atoms with E-state index < -0.39 is 18.0 Å². The summed E-state index contributed by atoms with van der Waals surface area (Å²) in [5, 5.41) is 3.62. The van der Waals surface area contributed by atoms with Gasteiger partial charge in [0.15, 0.2) is 5.69 Å². The molecule has 2 fully saturated rings. The van der Waals surface area contributed by atoms with Crippen LogP contribution in [-0.4, -0.2) is 74.0 Å². The first-order chi connectivity index (χ1) is 13.2. The predicted octanol–water partition coefficient (Wildman–Crippen LogP) is 2.19. The molecule has 0 bridgehead atoms. The van der Waals surface area contributed by atoms with Gasteiger partial charge in [0.1, 0.15) is 5.54 Å². The van der Waals surface area contributed by atoms with Crippen molar-refractivity contribution in [2.45, 2.75) is 45.7 Å². The van der Waals surface area contributed by atoms with Crippen LogP contribution >= 0.6 is 0 Å². The summed E-state index contributed by atoms with van der Waals surface area (Å²) in [4.78, 5) is 42.7. The van der Waals surface area contributed by atoms with E-state index in [-0.39, 0.29) is 36.6 Å². The number of halogens is 2. The number of rotatable bonds is 5. The van der Waals surface area contributed by atoms with Crippen LogP contribution in [0.15, 0.2) is 12.3 Å². The smallest absolute Gasteiger partial charge is 0.333 e. The SMILES string of the molecule is CCN1C(=O)N(CC(C)C)C2(CCN(C(=O)c3ccn(C(F)F)n3)CC2)C1=O. The van der Waals surface area contributed by atoms with Crippen LogP contribution in [-0.2, 0) is 4.79 Å². The lowest BCUT2D eigenvalue weighted by atomic mass is 9.85. The molecule has 28 heavy (non-hydrogen) atoms. The molecule has 154 valence electrons. The number of alkyl halides is 2. The van der Waals surface area contributed by atoms with Gasteiger partial charge in [-0.2, -0.15) is 13.9 Å². The summed E-state index contributed by atoms with van der Waals surface area (Å²) >= 11 is 0. The van der Waals surface area contributed by atoms with Crippen molar-refractivity contribution in [3.8, 4) is 0 Å². The Morgan fingerprint density at radius 2 is 1.89 bits per heavy atom. The summed E-state index contributed by atoms with van der Waals surface area (Å²) in [6.07, 6.45) is 1.70. The van der Waals surface area contributed by atoms with Gasteiger partial charge in [-0.15, -0.1) is 0 Å². The normalized spacial score (nSPS) is 19.6. The Balaban J connectivity index is 1.77. The summed E-state index contributed by atoms with van der Waals surface area (Å²) in [6, 6.07) is 0.976. The van der Waals surface area contributed by atoms with E-state index in [4.69, 9.17) is 0 Å². The van der Waals surface area contributed by atoms with Crippen molar-refractivity contribution in [1.29, 1.82) is 0 Å². The molecule has 3 rings (SSSR count). The van der Waals surface area contributed by atoms with Crippen LogP contribution < -0.4 is 0 Å². The first-order valence-corrected chi connectivity index (χ1v) is 9.47. The quantitative estimate of drug-likeness (QED) is 0.714. The summed E-state index contributed by atoms with van der Waals surface area (Å²) in [6.45, 7) is 4.21. The molecule has 1 aromatic heterocycles. The highest BCUT2D eigenvalue weighted by molar-refractivity contribution is 6.07. The molecule has 0 N–H and O–H groups in total. The maximum absolute atomic E-state index is 13.0. The number of imide groups is 1. The van der Waals surface area contributed by atoms with Gasteiger partial charge in [0.25, 0.3) is 11.8 Å². The number of piperidine rings is 1. The number of amides is 4. The zero-order chi connectivity index (χ0) is 20.6. The molecule has 0 saturated carbocycles. The van der Waals surface area contributed by atoms with Gasteiger partial charge in [0.2, 0.25) is 0 Å². The third kappa shape index (κ3) is 3.24. The van der Waals surface area contributed by atoms with Crippen LogP contribution in [0, 0.1) is 5.92 Å². The van der Waals surface area contributed by atoms with Crippen LogP contribution in [0.2, 0.25) is 0 Å². The van der Waals surface area contributed by atoms with Crippen molar-refractivity contribution in [3.05, 3.63) is 18.0 Å². The van der Waals surface area contributed by atoms with Crippen molar-refractivity contribution >= 4 is 17.8 Å². The highest BCUT2D eigenvalue weighted by Crippen LogP contribution is 2.38. The van der Waals surface area contributed by atoms with E-state index >= 15 is 0 Å². The zero-order valence-electron chi connectivity index (χ0n) is 16.3. The third-order valence-corrected chi connectivity index (χ3v) is 5.39. The minimum absolute atomic E-state index is 0.0562. The average molecular weight is 397 g/mol. The maximum atomic E-state index is 13.0. The number of carbonyl (C=O) groups is 3. The first-order valence-electron chi connectivity index (χ1n) is 9.47. The monoisotopic (exact) mass is 397 g/mol. The molecule has 0 aliphatic carbocycles. The standard InChI is InChI=1S/C18H25F2N5O3/c1-4-23-15(27)18(24(17(23)28)11-12(2)3)6-9-22(10-7-18)14(26)13-5-8-25(21-13)16(19)20/h5,8,12,16H,4,6-7,9-11H2,1-3H3. The number of likely N-dealkylation sites (N-methyl/N-ethyl adjacent to an activating group) is 1. The molecule has 8 nitrogen and oxygen atoms in total. The van der Waals surface area contributed by atoms with E-state index in [1.165, 1.54) is 15.9 Å². The van der Waals surface area contributed by atoms with E-state index in [1.807, 2.05) is 13.8 Å². The second-order valence-corrected chi connectivity index (χ2v) is 7.62. The average Bonchev–Trinajstić information content (AvgIpc) is 3.21. The fraction of sp³-hybridized carbons (Fsp3) is 0.667. The third-order valence-electron chi connectivity index (χ3n) is 5.39. The number of aromatic nitrogens is 2. The van der Waals surface area contributed by atoms with Crippen molar-refractivity contribution in [3.63, 3.8) is 0 Å². The van der Waals surface area contributed by atoms with Gasteiger partial charge in [-0.05, 0) is 31.7 Å². The molecule has 1 spiro atoms. The Morgan fingerprint density at radius 3 is 2.39 bits per heavy atom. The Bertz CT molecular complexity index is 771. The molecule has 2 aliphatic rings. The molecule has 0 aromatic carbocycles. The molecule has 0 atom stereocenters. The maximum Gasteiger partial charge on any atom is 0.333 e. The fourth-order valence-electron chi connectivity index (χ4n) is 3.97. The largest absolute Gasteiger partial charge is 0.337 e. The van der Waals surface area contributed by atoms with Crippen molar-refractivity contribution in [2.24, 2.45) is 5.92 Å². The van der Waals surface area contributed by atoms with Crippen molar-refractivity contribution < 1.29 is 23.2 Å². The fourth-order valence-corrected chi connectivity index (χ4v) is 3.97. The number of hydrogen-bond acceptors (Lipinski definition) is 4. The number of carbonyl (C=O) groups excluding carboxylic acids is 3. The molecule has 0 unspecified atom stereocenters. The number of nitrogens with zero attached hydrogens (tertiary/aromatic N) is 5. The summed E-state index contributed by atoms with van der Waals surface area (Å²) < 4.78 is 25.8. The van der Waals surface area contributed by atoms with Crippen LogP contribution in [0.25, 0.3) is 0 Å². The second-order valence-electron chi connectivity index (χ2n) is 7.62. The minimum Gasteiger partial charge on any atom is -0.337 e. The molecule has 10 heteroatoms. The van der Waals surface area contributed by atoms with Crippen LogP contribution in [0.5, 0.6) is 0 Å². The van der Waals surface area contributed by atoms with E-state index in [2.05, 4.69) is 5.10 Å². The van der Waals surface area contributed by atoms with Gasteiger partial charge in [0.05, 0.1) is 0 Å². The van der Waals surface area contributed by atoms with E-state index in [9.17, 15) is 23.2 Å². The molecular weight excluding hydrogens is 372 g/mol. The highest BCUT2D eigenvalue weighted by atomic mass is 19.3. The van der Waals surface area contributed by atoms with Crippen LogP contribution in [0.3, 0.4) is 0 Å². The van der Waals surface area contributed by atoms with Gasteiger partial charge in [-0.25, -0.2) is 9.48 Å². The summed E-state index contributed by atoms with van der Waals surface area (Å²) in [5.74, 6) is -0.466. The molecule has 2 saturated heterocycles. The molecule has 2 aliphatic heterocycles. The van der Waals surface area contributed by atoms with Crippen LogP contribution in [0.1, 0.15) is 50.7 Å². The minimum atomic E-state index is -2.81. The van der Waals surface area contributed by atoms with Crippen molar-refractivity contribution in [1.82, 2.24) is 24.5 Å². The molecule has 3 heterocycles. The highest BCUT2D eigenvalue weighted by Gasteiger charge is 2.57. The van der Waals surface area contributed by atoms with Gasteiger partial charge in [-0.3, -0.25) is 14.5 Å². The Kier molecular flexibility index (Phi) is 5.40. The Hall–Kier alpha value is -2.52. The van der Waals surface area contributed by atoms with Crippen LogP contribution in [0.4, 0.5) is 13.6 Å². The lowest BCUT2D eigenvalue weighted by Gasteiger charge is -2.42. The molecule has 1 aromatic rings. The van der Waals surface area contributed by atoms with Gasteiger partial charge in [0, 0.05) is 32.4 Å². The Morgan fingerprint density at radius 1 is 1.25 bits per heavy atom. The summed E-state index contributed by atoms with van der Waals surface area (Å²) in [5.41, 5.74) is -0.990. The lowest BCUT2D eigenvalue weighted by Crippen LogP contribution is -2.58. The number of urea groups is 1. The second kappa shape index (κ2) is 7.48. The van der Waals surface area contributed by atoms with Gasteiger partial charge >= 0.3 is 12.6 Å². The van der Waals surface area contributed by atoms with E-state index in [0.29, 0.717) is 30.6 Å². The lowest BCUT2D eigenvalue weighted by molar-refractivity contribution is -0.135. The predicted molar refractivity (Wildman–Crippen MR) is 95.7 cm³/mol. The van der Waals surface area contributed by atoms with Gasteiger partial charge < -0.3 is 9.80 Å². The molecule has 4 amide bonds. The van der Waals surface area contributed by atoms with E-state index in [1.54, 1.807) is 11.8 Å². The zero-order valence-corrected chi connectivity index (χ0v) is 16.3. The molecule has 0 radical (unpaired) electrons. The topological polar surface area (TPSA) is 78.8 Å². The summed E-state index contributed by atoms with van der Waals surface area (Å²) in [7, 11) is 0. The number of likely N-dealkylation sites (tertiary alicyclic amines) is 1.